The van der Waals surface area contributed by atoms with Gasteiger partial charge < -0.3 is 20.2 Å². The second-order valence-electron chi connectivity index (χ2n) is 9.08. The lowest BCUT2D eigenvalue weighted by molar-refractivity contribution is -0.193. The number of carboxylic acids is 3. The number of carboxylic acid groups (broad SMARTS) is 3. The van der Waals surface area contributed by atoms with Crippen LogP contribution in [-0.4, -0.2) is 102 Å². The molecule has 48 heavy (non-hydrogen) atoms. The molecule has 0 aliphatic carbocycles. The number of thiophene rings is 1. The number of rotatable bonds is 4. The fourth-order valence-electron chi connectivity index (χ4n) is 3.61. The first-order valence-corrected chi connectivity index (χ1v) is 13.7. The van der Waals surface area contributed by atoms with Crippen LogP contribution in [0.25, 0.3) is 16.9 Å². The number of hydrogen-bond donors (Lipinski definition) is 3. The van der Waals surface area contributed by atoms with E-state index in [4.69, 9.17) is 29.7 Å². The molecule has 1 fully saturated rings. The van der Waals surface area contributed by atoms with Crippen molar-refractivity contribution in [3.63, 3.8) is 0 Å². The minimum absolute atomic E-state index is 0.913. The molecule has 0 unspecified atom stereocenters. The number of anilines is 1. The summed E-state index contributed by atoms with van der Waals surface area (Å²) in [7, 11) is 0. The maximum atomic E-state index is 10.6. The van der Waals surface area contributed by atoms with Crippen molar-refractivity contribution >= 4 is 40.7 Å². The number of alkyl halides is 9. The number of hydrogen-bond acceptors (Lipinski definition) is 9. The molecule has 5 rings (SSSR count). The van der Waals surface area contributed by atoms with Crippen LogP contribution in [0.2, 0.25) is 0 Å². The van der Waals surface area contributed by atoms with Crippen LogP contribution in [0.4, 0.5) is 45.3 Å². The fraction of sp³-hybridized carbons (Fsp3) is 0.308. The molecule has 3 N–H and O–H groups in total. The van der Waals surface area contributed by atoms with E-state index in [1.165, 1.54) is 4.88 Å². The molecule has 0 saturated carbocycles. The number of pyridine rings is 1. The molecule has 0 spiro atoms. The molecule has 0 atom stereocenters. The van der Waals surface area contributed by atoms with Gasteiger partial charge in [0.2, 0.25) is 0 Å². The van der Waals surface area contributed by atoms with Crippen LogP contribution < -0.4 is 4.90 Å². The van der Waals surface area contributed by atoms with E-state index >= 15 is 0 Å². The largest absolute Gasteiger partial charge is 0.490 e. The predicted octanol–water partition coefficient (Wildman–Crippen LogP) is 5.07. The van der Waals surface area contributed by atoms with Crippen LogP contribution in [0.1, 0.15) is 4.88 Å². The Morgan fingerprint density at radius 1 is 0.750 bits per heavy atom. The Hall–Kier alpha value is -4.99. The van der Waals surface area contributed by atoms with Gasteiger partial charge in [-0.2, -0.15) is 39.5 Å². The van der Waals surface area contributed by atoms with Crippen molar-refractivity contribution in [1.82, 2.24) is 24.3 Å². The van der Waals surface area contributed by atoms with Crippen molar-refractivity contribution < 1.29 is 69.2 Å². The Morgan fingerprint density at radius 3 is 1.69 bits per heavy atom. The Kier molecular flexibility index (Phi) is 13.6. The number of halogens is 9. The van der Waals surface area contributed by atoms with Crippen molar-refractivity contribution in [3.05, 3.63) is 65.5 Å². The van der Waals surface area contributed by atoms with Crippen LogP contribution in [0.5, 0.6) is 0 Å². The van der Waals surface area contributed by atoms with E-state index in [1.54, 1.807) is 0 Å². The average Bonchev–Trinajstić information content (AvgIpc) is 3.68. The van der Waals surface area contributed by atoms with Crippen molar-refractivity contribution in [3.8, 4) is 11.3 Å². The Labute approximate surface area is 267 Å². The van der Waals surface area contributed by atoms with Gasteiger partial charge in [-0.05, 0) is 23.6 Å². The molecule has 12 nitrogen and oxygen atoms in total. The Morgan fingerprint density at radius 2 is 1.25 bits per heavy atom. The minimum atomic E-state index is -5.08. The molecule has 0 radical (unpaired) electrons. The summed E-state index contributed by atoms with van der Waals surface area (Å²) in [5.41, 5.74) is 3.08. The number of aliphatic carboxylic acids is 3. The van der Waals surface area contributed by atoms with E-state index in [0.717, 1.165) is 55.4 Å². The van der Waals surface area contributed by atoms with Crippen molar-refractivity contribution in [2.75, 3.05) is 31.1 Å². The molecule has 0 bridgehead atoms. The van der Waals surface area contributed by atoms with Gasteiger partial charge in [0.1, 0.15) is 0 Å². The third-order valence-electron chi connectivity index (χ3n) is 5.74. The molecule has 0 amide bonds. The standard InChI is InChI=1S/C20H20N6S.3C2HF3O2/c1-2-17(27-13-1)15-24-9-11-25(12-10-24)19-20-23-14-18(26(20)8-7-22-19)16-3-5-21-6-4-16;3*3-2(4,5)1(6)7/h1-8,13-14H,9-12,15H2;3*(H,6,7). The van der Waals surface area contributed by atoms with E-state index in [9.17, 15) is 39.5 Å². The van der Waals surface area contributed by atoms with Crippen molar-refractivity contribution in [1.29, 1.82) is 0 Å². The summed E-state index contributed by atoms with van der Waals surface area (Å²) in [6.07, 6.45) is -5.86. The summed E-state index contributed by atoms with van der Waals surface area (Å²) >= 11 is 1.83. The van der Waals surface area contributed by atoms with Crippen LogP contribution in [-0.2, 0) is 20.9 Å². The average molecular weight is 719 g/mol. The quantitative estimate of drug-likeness (QED) is 0.242. The molecule has 5 heterocycles. The highest BCUT2D eigenvalue weighted by Gasteiger charge is 2.39. The van der Waals surface area contributed by atoms with Gasteiger partial charge in [0.05, 0.1) is 11.9 Å². The lowest BCUT2D eigenvalue weighted by Crippen LogP contribution is -2.46. The summed E-state index contributed by atoms with van der Waals surface area (Å²) in [4.78, 5) is 46.4. The highest BCUT2D eigenvalue weighted by atomic mass is 32.1. The topological polar surface area (TPSA) is 161 Å². The second-order valence-corrected chi connectivity index (χ2v) is 10.1. The molecule has 1 aliphatic rings. The van der Waals surface area contributed by atoms with Gasteiger partial charge >= 0.3 is 36.4 Å². The molecular formula is C26H23F9N6O6S. The highest BCUT2D eigenvalue weighted by Crippen LogP contribution is 2.26. The Balaban J connectivity index is 0.000000313. The number of aromatic nitrogens is 4. The zero-order valence-corrected chi connectivity index (χ0v) is 24.7. The predicted molar refractivity (Wildman–Crippen MR) is 149 cm³/mol. The summed E-state index contributed by atoms with van der Waals surface area (Å²) in [5, 5.41) is 23.5. The molecular weight excluding hydrogens is 695 g/mol. The molecule has 1 saturated heterocycles. The van der Waals surface area contributed by atoms with Crippen molar-refractivity contribution in [2.45, 2.75) is 25.1 Å². The van der Waals surface area contributed by atoms with Crippen LogP contribution in [0.15, 0.2) is 60.6 Å². The highest BCUT2D eigenvalue weighted by molar-refractivity contribution is 7.09. The molecule has 1 aliphatic heterocycles. The molecule has 4 aromatic heterocycles. The van der Waals surface area contributed by atoms with E-state index in [0.29, 0.717) is 0 Å². The summed E-state index contributed by atoms with van der Waals surface area (Å²) in [6, 6.07) is 8.35. The number of nitrogens with zero attached hydrogens (tertiary/aromatic N) is 6. The third-order valence-corrected chi connectivity index (χ3v) is 6.61. The lowest BCUT2D eigenvalue weighted by Gasteiger charge is -2.35. The number of carbonyl (C=O) groups is 3. The van der Waals surface area contributed by atoms with Crippen LogP contribution in [0.3, 0.4) is 0 Å². The van der Waals surface area contributed by atoms with Gasteiger partial charge in [-0.3, -0.25) is 14.3 Å². The normalized spacial score (nSPS) is 13.6. The zero-order chi connectivity index (χ0) is 36.3. The number of fused-ring (bicyclic) bond motifs is 1. The maximum Gasteiger partial charge on any atom is 0.490 e. The van der Waals surface area contributed by atoms with Crippen molar-refractivity contribution in [2.24, 2.45) is 0 Å². The van der Waals surface area contributed by atoms with Gasteiger partial charge in [-0.1, -0.05) is 6.07 Å². The first kappa shape index (κ1) is 39.2. The lowest BCUT2D eigenvalue weighted by atomic mass is 10.2. The summed E-state index contributed by atoms with van der Waals surface area (Å²) in [6.45, 7) is 5.06. The van der Waals surface area contributed by atoms with Gasteiger partial charge in [0, 0.05) is 68.0 Å². The first-order chi connectivity index (χ1) is 22.2. The molecule has 22 heteroatoms. The van der Waals surface area contributed by atoms with Gasteiger partial charge in [0.15, 0.2) is 11.5 Å². The first-order valence-electron chi connectivity index (χ1n) is 12.8. The van der Waals surface area contributed by atoms with E-state index < -0.39 is 36.4 Å². The third kappa shape index (κ3) is 12.3. The smallest absolute Gasteiger partial charge is 0.475 e. The number of imidazole rings is 1. The van der Waals surface area contributed by atoms with Crippen LogP contribution >= 0.6 is 11.3 Å². The monoisotopic (exact) mass is 718 g/mol. The van der Waals surface area contributed by atoms with E-state index in [-0.39, 0.29) is 0 Å². The van der Waals surface area contributed by atoms with Crippen LogP contribution in [0, 0.1) is 0 Å². The zero-order valence-electron chi connectivity index (χ0n) is 23.9. The SMILES string of the molecule is O=C(O)C(F)(F)F.O=C(O)C(F)(F)F.O=C(O)C(F)(F)F.c1csc(CN2CCN(c3nccn4c(-c5ccncc5)cnc34)CC2)c1. The van der Waals surface area contributed by atoms with E-state index in [2.05, 4.69) is 46.7 Å². The molecule has 4 aromatic rings. The fourth-order valence-corrected chi connectivity index (χ4v) is 4.35. The van der Waals surface area contributed by atoms with Gasteiger partial charge in [-0.15, -0.1) is 11.3 Å². The molecule has 262 valence electrons. The van der Waals surface area contributed by atoms with Gasteiger partial charge in [0.25, 0.3) is 0 Å². The number of piperazine rings is 1. The van der Waals surface area contributed by atoms with E-state index in [1.807, 2.05) is 54.5 Å². The minimum Gasteiger partial charge on any atom is -0.475 e. The molecule has 0 aromatic carbocycles. The summed E-state index contributed by atoms with van der Waals surface area (Å²) in [5.74, 6) is -7.30. The summed E-state index contributed by atoms with van der Waals surface area (Å²) < 4.78 is 97.3. The maximum absolute atomic E-state index is 10.6. The second kappa shape index (κ2) is 16.7. The van der Waals surface area contributed by atoms with Gasteiger partial charge in [-0.25, -0.2) is 24.4 Å². The Bertz CT molecular complexity index is 1570.